The van der Waals surface area contributed by atoms with Gasteiger partial charge in [0.2, 0.25) is 0 Å². The quantitative estimate of drug-likeness (QED) is 0.389. The van der Waals surface area contributed by atoms with Crippen molar-refractivity contribution in [3.8, 4) is 0 Å². The second-order valence-electron chi connectivity index (χ2n) is 0. The van der Waals surface area contributed by atoms with Gasteiger partial charge in [-0.15, -0.1) is 0 Å². The molecule has 2 nitrogen and oxygen atoms in total. The van der Waals surface area contributed by atoms with Crippen molar-refractivity contribution in [2.45, 2.75) is 0 Å². The Bertz CT molecular complexity index is 13.5. The van der Waals surface area contributed by atoms with Crippen LogP contribution in [0.2, 0.25) is 0 Å². The van der Waals surface area contributed by atoms with E-state index in [1.807, 2.05) is 0 Å². The third kappa shape index (κ3) is 75.1. The number of rotatable bonds is 0. The van der Waals surface area contributed by atoms with E-state index in [0.717, 1.165) is 34.7 Å². The van der Waals surface area contributed by atoms with Gasteiger partial charge in [-0.3, -0.25) is 0 Å². The molecule has 0 atom stereocenters. The molecule has 0 bridgehead atoms. The monoisotopic (exact) mass is 178 g/mol. The average molecular weight is 178 g/mol. The van der Waals surface area contributed by atoms with E-state index in [-0.39, 0.29) is 0 Å². The van der Waals surface area contributed by atoms with E-state index in [1.165, 1.54) is 10.1 Å². The molecule has 0 spiro atoms. The molecule has 0 N–H and O–H groups in total. The fraction of sp³-hybridized carbons (Fsp3) is 0. The molecule has 34 valence electrons. The Morgan fingerprint density at radius 3 is 1.00 bits per heavy atom. The molecule has 0 aliphatic carbocycles. The molecule has 0 rings (SSSR count). The standard InChI is InChI=1S/BH5Si.2O.2V/c1-2;;;;/h1H2,2H3;;;;. The van der Waals surface area contributed by atoms with E-state index < -0.39 is 0 Å². The zero-order valence-electron chi connectivity index (χ0n) is 3.71. The predicted molar refractivity (Wildman–Crippen MR) is 19.9 cm³/mol. The van der Waals surface area contributed by atoms with Crippen LogP contribution < -0.4 is 0 Å². The summed E-state index contributed by atoms with van der Waals surface area (Å²) in [6.07, 6.45) is 0. The van der Waals surface area contributed by atoms with Crippen LogP contribution in [0.3, 0.4) is 0 Å². The molecule has 0 aromatic heterocycles. The fourth-order valence-electron chi connectivity index (χ4n) is 0. The van der Waals surface area contributed by atoms with Crippen LogP contribution >= 0.6 is 0 Å². The second-order valence-corrected chi connectivity index (χ2v) is 0. The van der Waals surface area contributed by atoms with Gasteiger partial charge in [0.25, 0.3) is 0 Å². The maximum atomic E-state index is 8.19. The summed E-state index contributed by atoms with van der Waals surface area (Å²) in [5.74, 6) is 0. The van der Waals surface area contributed by atoms with Gasteiger partial charge in [0, 0.05) is 0 Å². The Labute approximate surface area is 59.6 Å². The molecule has 0 fully saturated rings. The molecule has 0 aromatic carbocycles. The zero-order chi connectivity index (χ0) is 6.00. The first kappa shape index (κ1) is 15.7. The van der Waals surface area contributed by atoms with Crippen LogP contribution in [0.5, 0.6) is 0 Å². The molecular formula is H5BO2SiV2. The van der Waals surface area contributed by atoms with Crippen molar-refractivity contribution in [1.82, 2.24) is 0 Å². The van der Waals surface area contributed by atoms with Crippen LogP contribution in [0, 0.1) is 0 Å². The van der Waals surface area contributed by atoms with E-state index in [0.29, 0.717) is 0 Å². The van der Waals surface area contributed by atoms with Gasteiger partial charge < -0.3 is 0 Å². The minimum atomic E-state index is 1.06. The topological polar surface area (TPSA) is 34.1 Å². The number of hydrogen-bond acceptors (Lipinski definition) is 2. The Kier molecular flexibility index (Phi) is 367. The van der Waals surface area contributed by atoms with Crippen molar-refractivity contribution in [3.63, 3.8) is 0 Å². The van der Waals surface area contributed by atoms with Crippen molar-refractivity contribution in [2.24, 2.45) is 0 Å². The molecule has 0 aliphatic rings. The van der Waals surface area contributed by atoms with Crippen molar-refractivity contribution < 1.29 is 42.1 Å². The Balaban J connectivity index is -0.0000000225. The molecule has 0 aliphatic heterocycles. The Morgan fingerprint density at radius 2 is 1.00 bits per heavy atom. The molecule has 0 amide bonds. The van der Waals surface area contributed by atoms with Gasteiger partial charge in [-0.25, -0.2) is 0 Å². The Morgan fingerprint density at radius 1 is 1.00 bits per heavy atom. The van der Waals surface area contributed by atoms with Gasteiger partial charge in [-0.05, 0) is 10.1 Å². The van der Waals surface area contributed by atoms with Gasteiger partial charge >= 0.3 is 42.1 Å². The van der Waals surface area contributed by atoms with Gasteiger partial charge in [0.15, 0.2) is 0 Å². The molecule has 0 aromatic rings. The summed E-state index contributed by atoms with van der Waals surface area (Å²) in [4.78, 5) is 0. The van der Waals surface area contributed by atoms with Crippen LogP contribution in [0.15, 0.2) is 0 Å². The second kappa shape index (κ2) is 140. The van der Waals surface area contributed by atoms with Crippen LogP contribution in [-0.2, 0) is 42.1 Å². The third-order valence-corrected chi connectivity index (χ3v) is 0. The number of hydrogen-bond donors (Lipinski definition) is 0. The van der Waals surface area contributed by atoms with E-state index in [1.54, 1.807) is 0 Å². The van der Waals surface area contributed by atoms with Crippen molar-refractivity contribution in [1.29, 1.82) is 0 Å². The van der Waals surface area contributed by atoms with Crippen LogP contribution in [-0.4, -0.2) is 17.6 Å². The SMILES string of the molecule is B[SiH3].[O]=[V].[O]=[V]. The summed E-state index contributed by atoms with van der Waals surface area (Å²) in [7, 11) is 3.44. The molecular weight excluding hydrogens is 173 g/mol. The van der Waals surface area contributed by atoms with Gasteiger partial charge in [-0.1, -0.05) is 0 Å². The van der Waals surface area contributed by atoms with Crippen LogP contribution in [0.4, 0.5) is 0 Å². The first-order chi connectivity index (χ1) is 3.00. The summed E-state index contributed by atoms with van der Waals surface area (Å²) in [6, 6.07) is 0. The molecule has 6 heteroatoms. The molecule has 0 saturated heterocycles. The third-order valence-electron chi connectivity index (χ3n) is 0. The van der Waals surface area contributed by atoms with E-state index in [4.69, 9.17) is 7.35 Å². The van der Waals surface area contributed by atoms with E-state index in [9.17, 15) is 0 Å². The minimum absolute atomic E-state index is 1.06. The van der Waals surface area contributed by atoms with Gasteiger partial charge in [-0.2, -0.15) is 0 Å². The summed E-state index contributed by atoms with van der Waals surface area (Å²) in [6.45, 7) is 0. The molecule has 0 unspecified atom stereocenters. The van der Waals surface area contributed by atoms with E-state index >= 15 is 0 Å². The van der Waals surface area contributed by atoms with Crippen LogP contribution in [0.25, 0.3) is 0 Å². The maximum absolute atomic E-state index is 8.19. The fourth-order valence-corrected chi connectivity index (χ4v) is 0. The summed E-state index contributed by atoms with van der Waals surface area (Å²) < 4.78 is 16.4. The summed E-state index contributed by atoms with van der Waals surface area (Å²) in [5, 5.41) is 0. The van der Waals surface area contributed by atoms with E-state index in [2.05, 4.69) is 7.44 Å². The normalized spacial score (nSPS) is 2.33. The summed E-state index contributed by atoms with van der Waals surface area (Å²) >= 11 is 2.12. The Hall–Kier alpha value is 1.05. The summed E-state index contributed by atoms with van der Waals surface area (Å²) in [5.41, 5.74) is 0. The first-order valence-electron chi connectivity index (χ1n) is 1.37. The molecule has 0 radical (unpaired) electrons. The zero-order valence-corrected chi connectivity index (χ0v) is 8.50. The van der Waals surface area contributed by atoms with Crippen molar-refractivity contribution in [2.75, 3.05) is 0 Å². The average Bonchev–Trinajstić information content (AvgIpc) is 1.81. The van der Waals surface area contributed by atoms with Gasteiger partial charge in [0.05, 0.1) is 7.44 Å². The molecule has 0 saturated carbocycles. The molecule has 6 heavy (non-hydrogen) atoms. The van der Waals surface area contributed by atoms with Gasteiger partial charge in [0.1, 0.15) is 0 Å². The van der Waals surface area contributed by atoms with Crippen molar-refractivity contribution >= 4 is 17.6 Å². The van der Waals surface area contributed by atoms with Crippen molar-refractivity contribution in [3.05, 3.63) is 0 Å². The predicted octanol–water partition coefficient (Wildman–Crippen LogP) is -2.34. The first-order valence-corrected chi connectivity index (χ1v) is 4.51. The molecule has 0 heterocycles. The van der Waals surface area contributed by atoms with Crippen LogP contribution in [0.1, 0.15) is 0 Å².